The lowest BCUT2D eigenvalue weighted by molar-refractivity contribution is -0.384. The molecule has 19 heteroatoms. The summed E-state index contributed by atoms with van der Waals surface area (Å²) in [6.45, 7) is 3.92. The van der Waals surface area contributed by atoms with Gasteiger partial charge in [-0.1, -0.05) is 66.2 Å². The Hall–Kier alpha value is -5.57. The van der Waals surface area contributed by atoms with E-state index >= 15 is 0 Å². The number of nitro benzene ring substituents is 1. The van der Waals surface area contributed by atoms with Crippen LogP contribution in [0.15, 0.2) is 125 Å². The summed E-state index contributed by atoms with van der Waals surface area (Å²) in [7, 11) is -0.752. The Labute approximate surface area is 394 Å². The van der Waals surface area contributed by atoms with Crippen molar-refractivity contribution in [3.63, 3.8) is 0 Å². The number of thioether (sulfide) groups is 1. The number of nitrogens with zero attached hydrogens (tertiary/aromatic N) is 4. The molecule has 0 spiro atoms. The van der Waals surface area contributed by atoms with Crippen LogP contribution in [0.25, 0.3) is 11.1 Å². The number of hydroxylamine groups is 1. The van der Waals surface area contributed by atoms with Crippen molar-refractivity contribution in [1.29, 1.82) is 0 Å². The van der Waals surface area contributed by atoms with Gasteiger partial charge in [-0.3, -0.25) is 24.6 Å². The number of carbonyl (C=O) groups excluding carboxylic acids is 2. The van der Waals surface area contributed by atoms with Crippen molar-refractivity contribution < 1.29 is 33.2 Å². The summed E-state index contributed by atoms with van der Waals surface area (Å²) < 4.78 is 29.4. The molecule has 2 amide bonds. The Balaban J connectivity index is 1.17. The molecule has 6 rings (SSSR count). The Morgan fingerprint density at radius 3 is 2.30 bits per heavy atom. The summed E-state index contributed by atoms with van der Waals surface area (Å²) in [5.74, 6) is -0.842. The molecule has 1 fully saturated rings. The van der Waals surface area contributed by atoms with Crippen LogP contribution >= 0.6 is 23.4 Å². The molecular weight excluding hydrogens is 904 g/mol. The normalized spacial score (nSPS) is 14.1. The van der Waals surface area contributed by atoms with E-state index in [9.17, 15) is 33.2 Å². The van der Waals surface area contributed by atoms with Crippen LogP contribution in [-0.2, 0) is 21.4 Å². The van der Waals surface area contributed by atoms with Gasteiger partial charge in [0.15, 0.2) is 0 Å². The molecule has 6 N–H and O–H groups in total. The minimum absolute atomic E-state index is 0.0182. The topological polar surface area (TPSA) is 210 Å². The molecule has 0 bridgehead atoms. The number of aliphatic hydroxyl groups excluding tert-OH is 1. The number of halogens is 1. The largest absolute Gasteiger partial charge is 0.377 e. The minimum Gasteiger partial charge on any atom is -0.377 e. The molecule has 0 radical (unpaired) electrons. The van der Waals surface area contributed by atoms with Crippen molar-refractivity contribution >= 4 is 68.0 Å². The third kappa shape index (κ3) is 14.2. The highest BCUT2D eigenvalue weighted by Crippen LogP contribution is 2.33. The number of sulfonamides is 1. The van der Waals surface area contributed by atoms with Gasteiger partial charge >= 0.3 is 0 Å². The van der Waals surface area contributed by atoms with Gasteiger partial charge in [-0.2, -0.15) is 5.48 Å². The first-order chi connectivity index (χ1) is 31.7. The highest BCUT2D eigenvalue weighted by molar-refractivity contribution is 7.99. The predicted molar refractivity (Wildman–Crippen MR) is 260 cm³/mol. The zero-order valence-corrected chi connectivity index (χ0v) is 39.1. The van der Waals surface area contributed by atoms with E-state index in [1.807, 2.05) is 85.7 Å². The summed E-state index contributed by atoms with van der Waals surface area (Å²) in [4.78, 5) is 45.6. The Morgan fingerprint density at radius 2 is 1.61 bits per heavy atom. The number of benzene rings is 5. The highest BCUT2D eigenvalue weighted by Gasteiger charge is 2.27. The van der Waals surface area contributed by atoms with E-state index in [4.69, 9.17) is 16.8 Å². The molecule has 5 aromatic carbocycles. The molecule has 0 saturated carbocycles. The Bertz CT molecular complexity index is 2550. The van der Waals surface area contributed by atoms with Crippen LogP contribution in [0, 0.1) is 10.1 Å². The number of anilines is 3. The lowest BCUT2D eigenvalue weighted by Gasteiger charge is -2.37. The van der Waals surface area contributed by atoms with Gasteiger partial charge in [0.1, 0.15) is 11.9 Å². The maximum absolute atomic E-state index is 13.7. The highest BCUT2D eigenvalue weighted by atomic mass is 35.5. The standard InChI is InChI=1S/C47H55ClN8O8S2/c1-53(2)24-23-37(32-65-38-10-4-3-5-11-38)49-41-21-20-39(30-44(41)56(61)62)66(63,64)52-47(59)34-17-22-43(42(29-34)50-45(57)13-8-14-46(58)51-60)55-27-25-54(26-28-55)31-35-9-6-7-12-40(35)33-15-18-36(48)19-16-33/h3-7,9-12,15-22,29-30,37,46,49,51,58,60H,8,13-14,23-28,31-32H2,1-2H3,(H,50,57)(H,52,59). The van der Waals surface area contributed by atoms with Crippen molar-refractivity contribution in [2.75, 3.05) is 68.1 Å². The number of hydrogen-bond acceptors (Lipinski definition) is 14. The number of aliphatic hydroxyl groups is 1. The first-order valence-electron chi connectivity index (χ1n) is 21.5. The van der Waals surface area contributed by atoms with Crippen molar-refractivity contribution in [3.05, 3.63) is 142 Å². The van der Waals surface area contributed by atoms with Crippen molar-refractivity contribution in [3.8, 4) is 11.1 Å². The molecule has 16 nitrogen and oxygen atoms in total. The molecular formula is C47H55ClN8O8S2. The number of carbonyl (C=O) groups is 2. The second kappa shape index (κ2) is 23.7. The van der Waals surface area contributed by atoms with Gasteiger partial charge in [0.2, 0.25) is 5.91 Å². The summed E-state index contributed by atoms with van der Waals surface area (Å²) in [5, 5.41) is 37.8. The third-order valence-electron chi connectivity index (χ3n) is 11.0. The van der Waals surface area contributed by atoms with Gasteiger partial charge in [-0.05, 0) is 111 Å². The average molecular weight is 960 g/mol. The Morgan fingerprint density at radius 1 is 0.894 bits per heavy atom. The van der Waals surface area contributed by atoms with Crippen molar-refractivity contribution in [2.24, 2.45) is 0 Å². The number of nitro groups is 1. The van der Waals surface area contributed by atoms with Gasteiger partial charge in [-0.15, -0.1) is 11.8 Å². The van der Waals surface area contributed by atoms with Gasteiger partial charge in [0.05, 0.1) is 21.2 Å². The Kier molecular flexibility index (Phi) is 17.9. The lowest BCUT2D eigenvalue weighted by atomic mass is 9.99. The first-order valence-corrected chi connectivity index (χ1v) is 24.3. The molecule has 0 aliphatic carbocycles. The molecule has 1 heterocycles. The van der Waals surface area contributed by atoms with Crippen LogP contribution in [0.4, 0.5) is 22.7 Å². The second-order valence-electron chi connectivity index (χ2n) is 16.2. The minimum atomic E-state index is -4.62. The molecule has 1 aliphatic heterocycles. The van der Waals surface area contributed by atoms with E-state index in [2.05, 4.69) is 37.3 Å². The number of hydrogen-bond donors (Lipinski definition) is 6. The number of amides is 2. The smallest absolute Gasteiger partial charge is 0.293 e. The fourth-order valence-corrected chi connectivity index (χ4v) is 9.59. The van der Waals surface area contributed by atoms with Crippen molar-refractivity contribution in [1.82, 2.24) is 20.0 Å². The summed E-state index contributed by atoms with van der Waals surface area (Å²) in [6.07, 6.45) is -0.244. The van der Waals surface area contributed by atoms with Gasteiger partial charge in [0, 0.05) is 72.5 Å². The molecule has 2 unspecified atom stereocenters. The fourth-order valence-electron chi connectivity index (χ4n) is 7.48. The maximum Gasteiger partial charge on any atom is 0.293 e. The lowest BCUT2D eigenvalue weighted by Crippen LogP contribution is -2.46. The first kappa shape index (κ1) is 49.9. The maximum atomic E-state index is 13.7. The summed E-state index contributed by atoms with van der Waals surface area (Å²) >= 11 is 7.75. The van der Waals surface area contributed by atoms with E-state index in [0.717, 1.165) is 27.7 Å². The van der Waals surface area contributed by atoms with E-state index in [-0.39, 0.29) is 42.2 Å². The van der Waals surface area contributed by atoms with Crippen LogP contribution in [0.1, 0.15) is 41.6 Å². The van der Waals surface area contributed by atoms with Crippen LogP contribution in [0.3, 0.4) is 0 Å². The molecule has 1 saturated heterocycles. The summed E-state index contributed by atoms with van der Waals surface area (Å²) in [5.41, 5.74) is 5.56. The second-order valence-corrected chi connectivity index (χ2v) is 19.4. The molecule has 1 aliphatic rings. The zero-order chi connectivity index (χ0) is 47.2. The van der Waals surface area contributed by atoms with Crippen LogP contribution in [-0.4, -0.2) is 110 Å². The van der Waals surface area contributed by atoms with Gasteiger partial charge in [-0.25, -0.2) is 13.1 Å². The molecule has 0 aromatic heterocycles. The summed E-state index contributed by atoms with van der Waals surface area (Å²) in [6, 6.07) is 33.5. The van der Waals surface area contributed by atoms with Crippen LogP contribution in [0.2, 0.25) is 5.02 Å². The van der Waals surface area contributed by atoms with Crippen LogP contribution < -0.4 is 25.7 Å². The average Bonchev–Trinajstić information content (AvgIpc) is 3.30. The van der Waals surface area contributed by atoms with E-state index in [1.54, 1.807) is 23.3 Å². The van der Waals surface area contributed by atoms with E-state index < -0.39 is 43.6 Å². The molecule has 66 heavy (non-hydrogen) atoms. The molecule has 350 valence electrons. The third-order valence-corrected chi connectivity index (χ3v) is 13.8. The number of nitrogens with one attached hydrogen (secondary N) is 4. The molecule has 2 atom stereocenters. The molecule has 5 aromatic rings. The van der Waals surface area contributed by atoms with Crippen LogP contribution in [0.5, 0.6) is 0 Å². The number of rotatable bonds is 22. The quantitative estimate of drug-likeness (QED) is 0.0174. The van der Waals surface area contributed by atoms with E-state index in [1.165, 1.54) is 24.3 Å². The fraction of sp³-hybridized carbons (Fsp3) is 0.319. The zero-order valence-electron chi connectivity index (χ0n) is 36.7. The monoisotopic (exact) mass is 958 g/mol. The van der Waals surface area contributed by atoms with Crippen molar-refractivity contribution in [2.45, 2.75) is 54.3 Å². The van der Waals surface area contributed by atoms with E-state index in [0.29, 0.717) is 62.2 Å². The SMILES string of the molecule is CN(C)CCC(CSc1ccccc1)Nc1ccc(S(=O)(=O)NC(=O)c2ccc(N3CCN(Cc4ccccc4-c4ccc(Cl)cc4)CC3)c(NC(=O)CCCC(O)NO)c2)cc1[N+](=O)[O-]. The predicted octanol–water partition coefficient (Wildman–Crippen LogP) is 7.29. The number of piperazine rings is 1. The van der Waals surface area contributed by atoms with Gasteiger partial charge < -0.3 is 30.7 Å². The van der Waals surface area contributed by atoms with Gasteiger partial charge in [0.25, 0.3) is 21.6 Å².